The molecule has 0 radical (unpaired) electrons. The Morgan fingerprint density at radius 3 is 2.33 bits per heavy atom. The molecule has 2 aromatic heterocycles. The van der Waals surface area contributed by atoms with Gasteiger partial charge in [0, 0.05) is 24.1 Å². The summed E-state index contributed by atoms with van der Waals surface area (Å²) in [7, 11) is 2.97. The lowest BCUT2D eigenvalue weighted by molar-refractivity contribution is 0.257. The largest absolute Gasteiger partial charge is 0.350 e. The molecule has 0 saturated carbocycles. The first-order valence-electron chi connectivity index (χ1n) is 6.94. The summed E-state index contributed by atoms with van der Waals surface area (Å²) in [5.41, 5.74) is 8.31. The van der Waals surface area contributed by atoms with E-state index in [4.69, 9.17) is 5.73 Å². The van der Waals surface area contributed by atoms with Crippen LogP contribution < -0.4 is 22.4 Å². The Bertz CT molecular complexity index is 1080. The molecule has 0 unspecified atom stereocenters. The molecule has 3 aromatic rings. The fourth-order valence-corrected chi connectivity index (χ4v) is 2.90. The first-order valence-corrected chi connectivity index (χ1v) is 7.74. The summed E-state index contributed by atoms with van der Waals surface area (Å²) in [6.07, 6.45) is 1.50. The molecule has 2 amide bonds. The molecular formula is C15H14BrN5O3. The van der Waals surface area contributed by atoms with Gasteiger partial charge >= 0.3 is 11.7 Å². The Morgan fingerprint density at radius 1 is 1.12 bits per heavy atom. The molecule has 3 rings (SSSR count). The molecule has 0 aliphatic carbocycles. The van der Waals surface area contributed by atoms with E-state index in [1.54, 1.807) is 19.2 Å². The Balaban J connectivity index is 2.48. The number of nitrogens with zero attached hydrogens (tertiary/aromatic N) is 3. The molecule has 0 atom stereocenters. The first-order chi connectivity index (χ1) is 11.3. The fraction of sp³-hybridized carbons (Fsp3) is 0.133. The van der Waals surface area contributed by atoms with E-state index in [2.05, 4.69) is 21.4 Å². The number of nitrogens with one attached hydrogen (secondary N) is 1. The summed E-state index contributed by atoms with van der Waals surface area (Å²) in [5.74, 6) is 0. The van der Waals surface area contributed by atoms with Gasteiger partial charge in [0.1, 0.15) is 0 Å². The van der Waals surface area contributed by atoms with Crippen LogP contribution in [0.4, 0.5) is 4.79 Å². The summed E-state index contributed by atoms with van der Waals surface area (Å²) < 4.78 is 4.60. The SMILES string of the molecule is Cn1c(=O)c2c(-c3ccc(Br)cc3)n(NC(N)=O)cc2n(C)c1=O. The Kier molecular flexibility index (Phi) is 3.80. The van der Waals surface area contributed by atoms with Crippen LogP contribution in [0.5, 0.6) is 0 Å². The number of amides is 2. The number of fused-ring (bicyclic) bond motifs is 1. The van der Waals surface area contributed by atoms with Gasteiger partial charge in [0.15, 0.2) is 0 Å². The van der Waals surface area contributed by atoms with Crippen molar-refractivity contribution in [1.82, 2.24) is 13.8 Å². The summed E-state index contributed by atoms with van der Waals surface area (Å²) >= 11 is 3.36. The average Bonchev–Trinajstić information content (AvgIpc) is 2.90. The van der Waals surface area contributed by atoms with E-state index in [9.17, 15) is 14.4 Å². The van der Waals surface area contributed by atoms with Crippen LogP contribution in [0.2, 0.25) is 0 Å². The molecule has 0 aliphatic heterocycles. The maximum absolute atomic E-state index is 12.6. The predicted molar refractivity (Wildman–Crippen MR) is 94.5 cm³/mol. The number of nitrogens with two attached hydrogens (primary N) is 1. The second-order valence-electron chi connectivity index (χ2n) is 5.30. The molecule has 9 heteroatoms. The Hall–Kier alpha value is -2.81. The van der Waals surface area contributed by atoms with Crippen molar-refractivity contribution in [2.24, 2.45) is 19.8 Å². The summed E-state index contributed by atoms with van der Waals surface area (Å²) in [6, 6.07) is 6.44. The second kappa shape index (κ2) is 5.68. The van der Waals surface area contributed by atoms with E-state index >= 15 is 0 Å². The Morgan fingerprint density at radius 2 is 1.75 bits per heavy atom. The zero-order valence-electron chi connectivity index (χ0n) is 12.9. The van der Waals surface area contributed by atoms with Crippen molar-refractivity contribution in [3.63, 3.8) is 0 Å². The standard InChI is InChI=1S/C15H14BrN5O3/c1-19-10-7-21(18-14(17)23)12(8-3-5-9(16)6-4-8)11(10)13(22)20(2)15(19)24/h3-7H,1-2H3,(H3,17,18,23). The van der Waals surface area contributed by atoms with Crippen LogP contribution in [-0.2, 0) is 14.1 Å². The van der Waals surface area contributed by atoms with Crippen LogP contribution in [-0.4, -0.2) is 19.8 Å². The quantitative estimate of drug-likeness (QED) is 0.682. The number of urea groups is 1. The molecule has 0 aliphatic rings. The number of carbonyl (C=O) groups excluding carboxylic acids is 1. The maximum atomic E-state index is 12.6. The van der Waals surface area contributed by atoms with Crippen LogP contribution in [0.1, 0.15) is 0 Å². The van der Waals surface area contributed by atoms with Crippen molar-refractivity contribution in [3.8, 4) is 11.3 Å². The number of benzene rings is 1. The molecule has 24 heavy (non-hydrogen) atoms. The molecule has 0 saturated heterocycles. The van der Waals surface area contributed by atoms with E-state index in [1.807, 2.05) is 12.1 Å². The van der Waals surface area contributed by atoms with Crippen LogP contribution >= 0.6 is 15.9 Å². The number of carbonyl (C=O) groups is 1. The predicted octanol–water partition coefficient (Wildman–Crippen LogP) is 1.09. The van der Waals surface area contributed by atoms with E-state index in [-0.39, 0.29) is 0 Å². The molecule has 8 nitrogen and oxygen atoms in total. The zero-order valence-corrected chi connectivity index (χ0v) is 14.5. The van der Waals surface area contributed by atoms with E-state index < -0.39 is 17.3 Å². The lowest BCUT2D eigenvalue weighted by atomic mass is 10.1. The van der Waals surface area contributed by atoms with Crippen molar-refractivity contribution in [3.05, 3.63) is 55.8 Å². The number of aryl methyl sites for hydroxylation is 1. The summed E-state index contributed by atoms with van der Waals surface area (Å²) in [4.78, 5) is 36.1. The zero-order chi connectivity index (χ0) is 17.6. The average molecular weight is 392 g/mol. The van der Waals surface area contributed by atoms with Crippen LogP contribution in [0, 0.1) is 0 Å². The second-order valence-corrected chi connectivity index (χ2v) is 6.21. The third-order valence-electron chi connectivity index (χ3n) is 3.79. The molecule has 0 fully saturated rings. The normalized spacial score (nSPS) is 11.0. The van der Waals surface area contributed by atoms with Crippen LogP contribution in [0.25, 0.3) is 22.2 Å². The number of primary amides is 1. The maximum Gasteiger partial charge on any atom is 0.331 e. The van der Waals surface area contributed by atoms with Gasteiger partial charge in [-0.05, 0) is 12.1 Å². The first kappa shape index (κ1) is 16.1. The number of rotatable bonds is 2. The van der Waals surface area contributed by atoms with Gasteiger partial charge in [0.2, 0.25) is 0 Å². The highest BCUT2D eigenvalue weighted by atomic mass is 79.9. The van der Waals surface area contributed by atoms with Gasteiger partial charge < -0.3 is 5.73 Å². The van der Waals surface area contributed by atoms with Crippen LogP contribution in [0.3, 0.4) is 0 Å². The monoisotopic (exact) mass is 391 g/mol. The van der Waals surface area contributed by atoms with Crippen LogP contribution in [0.15, 0.2) is 44.5 Å². The van der Waals surface area contributed by atoms with Gasteiger partial charge in [0.25, 0.3) is 5.56 Å². The van der Waals surface area contributed by atoms with Gasteiger partial charge in [-0.1, -0.05) is 28.1 Å². The Labute approximate surface area is 144 Å². The lowest BCUT2D eigenvalue weighted by Crippen LogP contribution is -2.36. The van der Waals surface area contributed by atoms with E-state index in [0.29, 0.717) is 22.2 Å². The summed E-state index contributed by atoms with van der Waals surface area (Å²) in [6.45, 7) is 0. The highest BCUT2D eigenvalue weighted by molar-refractivity contribution is 9.10. The number of hydrogen-bond acceptors (Lipinski definition) is 3. The van der Waals surface area contributed by atoms with Crippen molar-refractivity contribution >= 4 is 32.9 Å². The van der Waals surface area contributed by atoms with Gasteiger partial charge in [-0.15, -0.1) is 0 Å². The number of aromatic nitrogens is 3. The van der Waals surface area contributed by atoms with Gasteiger partial charge in [-0.2, -0.15) is 0 Å². The minimum atomic E-state index is -0.782. The molecule has 2 heterocycles. The minimum absolute atomic E-state index is 0.315. The molecule has 1 aromatic carbocycles. The van der Waals surface area contributed by atoms with Crippen molar-refractivity contribution in [1.29, 1.82) is 0 Å². The highest BCUT2D eigenvalue weighted by Crippen LogP contribution is 2.28. The lowest BCUT2D eigenvalue weighted by Gasteiger charge is -2.09. The van der Waals surface area contributed by atoms with Crippen molar-refractivity contribution < 1.29 is 4.79 Å². The van der Waals surface area contributed by atoms with Gasteiger partial charge in [-0.3, -0.25) is 18.6 Å². The third-order valence-corrected chi connectivity index (χ3v) is 4.32. The molecule has 3 N–H and O–H groups in total. The highest BCUT2D eigenvalue weighted by Gasteiger charge is 2.20. The van der Waals surface area contributed by atoms with Gasteiger partial charge in [-0.25, -0.2) is 15.0 Å². The molecule has 0 bridgehead atoms. The van der Waals surface area contributed by atoms with E-state index in [0.717, 1.165) is 9.04 Å². The third kappa shape index (κ3) is 2.42. The fourth-order valence-electron chi connectivity index (χ4n) is 2.64. The van der Waals surface area contributed by atoms with Gasteiger partial charge in [0.05, 0.1) is 22.8 Å². The topological polar surface area (TPSA) is 104 Å². The molecular weight excluding hydrogens is 378 g/mol. The molecule has 0 spiro atoms. The van der Waals surface area contributed by atoms with Crippen molar-refractivity contribution in [2.75, 3.05) is 5.43 Å². The number of hydrogen-bond donors (Lipinski definition) is 2. The molecule has 124 valence electrons. The summed E-state index contributed by atoms with van der Waals surface area (Å²) in [5, 5.41) is 0.315. The van der Waals surface area contributed by atoms with Crippen molar-refractivity contribution in [2.45, 2.75) is 0 Å². The van der Waals surface area contributed by atoms with E-state index in [1.165, 1.54) is 22.5 Å². The number of halogens is 1. The smallest absolute Gasteiger partial charge is 0.331 e. The minimum Gasteiger partial charge on any atom is -0.350 e.